The molecule has 0 bridgehead atoms. The van der Waals surface area contributed by atoms with E-state index in [0.29, 0.717) is 34.5 Å². The summed E-state index contributed by atoms with van der Waals surface area (Å²) in [5, 5.41) is 12.7. The fourth-order valence-electron chi connectivity index (χ4n) is 2.83. The van der Waals surface area contributed by atoms with Crippen LogP contribution in [0.5, 0.6) is 5.75 Å². The first-order valence-corrected chi connectivity index (χ1v) is 10.3. The van der Waals surface area contributed by atoms with Crippen molar-refractivity contribution in [2.75, 3.05) is 0 Å². The Kier molecular flexibility index (Phi) is 7.72. The SMILES string of the molecule is Cc1ccc(COc2c(Cl)cc(/C=C(/C#N)C(=O)NCc3ccccc3)cc2Cl)cc1. The van der Waals surface area contributed by atoms with Gasteiger partial charge >= 0.3 is 0 Å². The molecular weight excluding hydrogens is 431 g/mol. The summed E-state index contributed by atoms with van der Waals surface area (Å²) < 4.78 is 5.79. The van der Waals surface area contributed by atoms with E-state index in [1.165, 1.54) is 6.08 Å². The largest absolute Gasteiger partial charge is 0.486 e. The maximum Gasteiger partial charge on any atom is 0.262 e. The quantitative estimate of drug-likeness (QED) is 0.349. The molecule has 0 fully saturated rings. The van der Waals surface area contributed by atoms with E-state index >= 15 is 0 Å². The zero-order valence-corrected chi connectivity index (χ0v) is 18.4. The Morgan fingerprint density at radius 1 is 1.03 bits per heavy atom. The van der Waals surface area contributed by atoms with Crippen LogP contribution in [-0.2, 0) is 17.9 Å². The molecule has 4 nitrogen and oxygen atoms in total. The summed E-state index contributed by atoms with van der Waals surface area (Å²) in [6.07, 6.45) is 1.45. The molecule has 0 atom stereocenters. The van der Waals surface area contributed by atoms with E-state index in [4.69, 9.17) is 27.9 Å². The van der Waals surface area contributed by atoms with Gasteiger partial charge in [0.2, 0.25) is 0 Å². The molecule has 1 N–H and O–H groups in total. The van der Waals surface area contributed by atoms with Gasteiger partial charge in [-0.3, -0.25) is 4.79 Å². The molecule has 0 heterocycles. The van der Waals surface area contributed by atoms with Gasteiger partial charge in [-0.05, 0) is 41.8 Å². The van der Waals surface area contributed by atoms with E-state index in [9.17, 15) is 10.1 Å². The molecule has 0 aliphatic rings. The van der Waals surface area contributed by atoms with Gasteiger partial charge in [0.25, 0.3) is 5.91 Å². The van der Waals surface area contributed by atoms with Gasteiger partial charge in [-0.25, -0.2) is 0 Å². The van der Waals surface area contributed by atoms with Crippen LogP contribution < -0.4 is 10.1 Å². The lowest BCUT2D eigenvalue weighted by Gasteiger charge is -2.11. The van der Waals surface area contributed by atoms with Crippen LogP contribution in [0.3, 0.4) is 0 Å². The first kappa shape index (κ1) is 22.4. The minimum Gasteiger partial charge on any atom is -0.486 e. The molecule has 3 aromatic carbocycles. The first-order valence-electron chi connectivity index (χ1n) is 9.57. The van der Waals surface area contributed by atoms with Crippen molar-refractivity contribution in [3.05, 3.63) is 105 Å². The fourth-order valence-corrected chi connectivity index (χ4v) is 3.44. The predicted octanol–water partition coefficient (Wildman–Crippen LogP) is 6.10. The summed E-state index contributed by atoms with van der Waals surface area (Å²) in [7, 11) is 0. The average Bonchev–Trinajstić information content (AvgIpc) is 2.77. The van der Waals surface area contributed by atoms with Crippen LogP contribution in [-0.4, -0.2) is 5.91 Å². The van der Waals surface area contributed by atoms with Crippen LogP contribution in [0.15, 0.2) is 72.3 Å². The lowest BCUT2D eigenvalue weighted by Crippen LogP contribution is -2.23. The van der Waals surface area contributed by atoms with E-state index in [1.807, 2.05) is 67.6 Å². The van der Waals surface area contributed by atoms with Gasteiger partial charge in [-0.2, -0.15) is 5.26 Å². The standard InChI is InChI=1S/C25H20Cl2N2O2/c1-17-7-9-19(10-8-17)16-31-24-22(26)12-20(13-23(24)27)11-21(14-28)25(30)29-15-18-5-3-2-4-6-18/h2-13H,15-16H2,1H3,(H,29,30)/b21-11-. The van der Waals surface area contributed by atoms with Gasteiger partial charge < -0.3 is 10.1 Å². The molecule has 3 aromatic rings. The number of hydrogen-bond acceptors (Lipinski definition) is 3. The molecule has 156 valence electrons. The van der Waals surface area contributed by atoms with Crippen LogP contribution >= 0.6 is 23.2 Å². The number of rotatable bonds is 7. The summed E-state index contributed by atoms with van der Waals surface area (Å²) >= 11 is 12.7. The molecule has 31 heavy (non-hydrogen) atoms. The van der Waals surface area contributed by atoms with Crippen molar-refractivity contribution >= 4 is 35.2 Å². The number of aryl methyl sites for hydroxylation is 1. The number of carbonyl (C=O) groups is 1. The lowest BCUT2D eigenvalue weighted by molar-refractivity contribution is -0.117. The Morgan fingerprint density at radius 3 is 2.29 bits per heavy atom. The van der Waals surface area contributed by atoms with Gasteiger partial charge in [-0.15, -0.1) is 0 Å². The van der Waals surface area contributed by atoms with E-state index in [0.717, 1.165) is 16.7 Å². The Balaban J connectivity index is 1.71. The number of amides is 1. The predicted molar refractivity (Wildman–Crippen MR) is 124 cm³/mol. The maximum atomic E-state index is 12.4. The highest BCUT2D eigenvalue weighted by molar-refractivity contribution is 6.37. The molecular formula is C25H20Cl2N2O2. The highest BCUT2D eigenvalue weighted by atomic mass is 35.5. The molecule has 0 radical (unpaired) electrons. The third kappa shape index (κ3) is 6.36. The molecule has 1 amide bonds. The average molecular weight is 451 g/mol. The summed E-state index contributed by atoms with van der Waals surface area (Å²) in [6, 6.07) is 22.5. The zero-order chi connectivity index (χ0) is 22.2. The van der Waals surface area contributed by atoms with Gasteiger partial charge in [0.15, 0.2) is 5.75 Å². The number of nitrogens with zero attached hydrogens (tertiary/aromatic N) is 1. The molecule has 0 saturated carbocycles. The fraction of sp³-hybridized carbons (Fsp3) is 0.120. The number of nitriles is 1. The van der Waals surface area contributed by atoms with Crippen LogP contribution in [0, 0.1) is 18.3 Å². The van der Waals surface area contributed by atoms with Gasteiger partial charge in [0.05, 0.1) is 10.0 Å². The van der Waals surface area contributed by atoms with Crippen molar-refractivity contribution in [2.24, 2.45) is 0 Å². The first-order chi connectivity index (χ1) is 15.0. The number of benzene rings is 3. The van der Waals surface area contributed by atoms with E-state index in [-0.39, 0.29) is 5.57 Å². The minimum absolute atomic E-state index is 0.0450. The smallest absolute Gasteiger partial charge is 0.262 e. The van der Waals surface area contributed by atoms with Crippen LogP contribution in [0.25, 0.3) is 6.08 Å². The third-order valence-corrected chi connectivity index (χ3v) is 5.06. The molecule has 0 spiro atoms. The topological polar surface area (TPSA) is 62.1 Å². The molecule has 0 aliphatic heterocycles. The van der Waals surface area contributed by atoms with Crippen molar-refractivity contribution in [1.82, 2.24) is 5.32 Å². The maximum absolute atomic E-state index is 12.4. The van der Waals surface area contributed by atoms with Gasteiger partial charge in [0, 0.05) is 6.54 Å². The second-order valence-electron chi connectivity index (χ2n) is 6.93. The number of hydrogen-bond donors (Lipinski definition) is 1. The molecule has 0 aliphatic carbocycles. The van der Waals surface area contributed by atoms with Crippen molar-refractivity contribution in [1.29, 1.82) is 5.26 Å². The number of halogens is 2. The number of nitrogens with one attached hydrogen (secondary N) is 1. The third-order valence-electron chi connectivity index (χ3n) is 4.50. The Bertz CT molecular complexity index is 1110. The second kappa shape index (κ2) is 10.7. The second-order valence-corrected chi connectivity index (χ2v) is 7.74. The zero-order valence-electron chi connectivity index (χ0n) is 16.9. The normalized spacial score (nSPS) is 11.0. The summed E-state index contributed by atoms with van der Waals surface area (Å²) in [6.45, 7) is 2.66. The summed E-state index contributed by atoms with van der Waals surface area (Å²) in [4.78, 5) is 12.4. The molecule has 0 saturated heterocycles. The summed E-state index contributed by atoms with van der Waals surface area (Å²) in [5.41, 5.74) is 3.58. The lowest BCUT2D eigenvalue weighted by atomic mass is 10.1. The van der Waals surface area contributed by atoms with Crippen molar-refractivity contribution < 1.29 is 9.53 Å². The minimum atomic E-state index is -0.474. The van der Waals surface area contributed by atoms with Crippen LogP contribution in [0.2, 0.25) is 10.0 Å². The Labute approximate surface area is 191 Å². The van der Waals surface area contributed by atoms with E-state index < -0.39 is 5.91 Å². The highest BCUT2D eigenvalue weighted by Crippen LogP contribution is 2.35. The summed E-state index contributed by atoms with van der Waals surface area (Å²) in [5.74, 6) is -0.119. The monoisotopic (exact) mass is 450 g/mol. The molecule has 0 unspecified atom stereocenters. The van der Waals surface area contributed by atoms with Gasteiger partial charge in [-0.1, -0.05) is 83.4 Å². The Hall–Kier alpha value is -3.26. The van der Waals surface area contributed by atoms with Crippen LogP contribution in [0.4, 0.5) is 0 Å². The number of ether oxygens (including phenoxy) is 1. The number of carbonyl (C=O) groups excluding carboxylic acids is 1. The Morgan fingerprint density at radius 2 is 1.68 bits per heavy atom. The highest BCUT2D eigenvalue weighted by Gasteiger charge is 2.13. The van der Waals surface area contributed by atoms with E-state index in [2.05, 4.69) is 5.32 Å². The van der Waals surface area contributed by atoms with Crippen molar-refractivity contribution in [3.63, 3.8) is 0 Å². The molecule has 3 rings (SSSR count). The van der Waals surface area contributed by atoms with Crippen LogP contribution in [0.1, 0.15) is 22.3 Å². The molecule has 6 heteroatoms. The molecule has 0 aromatic heterocycles. The van der Waals surface area contributed by atoms with E-state index in [1.54, 1.807) is 12.1 Å². The van der Waals surface area contributed by atoms with Crippen molar-refractivity contribution in [3.8, 4) is 11.8 Å². The van der Waals surface area contributed by atoms with Crippen molar-refractivity contribution in [2.45, 2.75) is 20.1 Å². The van der Waals surface area contributed by atoms with Gasteiger partial charge in [0.1, 0.15) is 18.2 Å².